The van der Waals surface area contributed by atoms with E-state index in [4.69, 9.17) is 4.74 Å². The number of benzene rings is 1. The van der Waals surface area contributed by atoms with Gasteiger partial charge in [0.1, 0.15) is 0 Å². The van der Waals surface area contributed by atoms with Crippen molar-refractivity contribution in [2.45, 2.75) is 58.1 Å². The fourth-order valence-corrected chi connectivity index (χ4v) is 2.86. The van der Waals surface area contributed by atoms with E-state index in [9.17, 15) is 8.78 Å². The molecule has 1 aromatic carbocycles. The Morgan fingerprint density at radius 1 is 1.19 bits per heavy atom. The third kappa shape index (κ3) is 4.24. The van der Waals surface area contributed by atoms with Crippen molar-refractivity contribution in [1.29, 1.82) is 0 Å². The zero-order valence-corrected chi connectivity index (χ0v) is 13.5. The summed E-state index contributed by atoms with van der Waals surface area (Å²) < 4.78 is 33.1. The van der Waals surface area contributed by atoms with E-state index in [1.807, 2.05) is 0 Å². The summed E-state index contributed by atoms with van der Waals surface area (Å²) in [5.74, 6) is -1.55. The zero-order chi connectivity index (χ0) is 15.9. The molecule has 1 unspecified atom stereocenters. The van der Waals surface area contributed by atoms with E-state index in [-0.39, 0.29) is 11.6 Å². The first kappa shape index (κ1) is 18.1. The molecule has 0 spiro atoms. The first-order valence-corrected chi connectivity index (χ1v) is 7.76. The second-order valence-corrected chi connectivity index (χ2v) is 5.40. The van der Waals surface area contributed by atoms with Gasteiger partial charge in [0.25, 0.3) is 0 Å². The average molecular weight is 299 g/mol. The fraction of sp³-hybridized carbons (Fsp3) is 0.647. The van der Waals surface area contributed by atoms with Crippen molar-refractivity contribution < 1.29 is 13.5 Å². The molecule has 0 amide bonds. The topological polar surface area (TPSA) is 21.3 Å². The predicted molar refractivity (Wildman–Crippen MR) is 82.5 cm³/mol. The van der Waals surface area contributed by atoms with E-state index in [0.717, 1.165) is 31.9 Å². The van der Waals surface area contributed by atoms with Gasteiger partial charge < -0.3 is 10.1 Å². The molecule has 4 heteroatoms. The van der Waals surface area contributed by atoms with E-state index in [1.165, 1.54) is 0 Å². The number of rotatable bonds is 9. The number of nitrogens with one attached hydrogen (secondary N) is 1. The van der Waals surface area contributed by atoms with Gasteiger partial charge in [-0.1, -0.05) is 32.9 Å². The normalized spacial score (nSPS) is 13.4. The monoisotopic (exact) mass is 299 g/mol. The highest BCUT2D eigenvalue weighted by Gasteiger charge is 2.36. The van der Waals surface area contributed by atoms with Crippen LogP contribution >= 0.6 is 0 Å². The summed E-state index contributed by atoms with van der Waals surface area (Å²) >= 11 is 0. The highest BCUT2D eigenvalue weighted by Crippen LogP contribution is 2.27. The van der Waals surface area contributed by atoms with Gasteiger partial charge in [0.15, 0.2) is 11.6 Å². The summed E-state index contributed by atoms with van der Waals surface area (Å²) in [6, 6.07) is 4.30. The van der Waals surface area contributed by atoms with Crippen molar-refractivity contribution in [3.8, 4) is 0 Å². The highest BCUT2D eigenvalue weighted by atomic mass is 19.2. The molecule has 0 bridgehead atoms. The Bertz CT molecular complexity index is 425. The van der Waals surface area contributed by atoms with Gasteiger partial charge in [-0.25, -0.2) is 8.78 Å². The van der Waals surface area contributed by atoms with Gasteiger partial charge in [0, 0.05) is 13.2 Å². The molecule has 0 saturated carbocycles. The molecule has 0 aromatic heterocycles. The average Bonchev–Trinajstić information content (AvgIpc) is 2.51. The lowest BCUT2D eigenvalue weighted by molar-refractivity contribution is -0.0473. The molecular formula is C17H27F2NO. The van der Waals surface area contributed by atoms with Gasteiger partial charge in [-0.3, -0.25) is 0 Å². The van der Waals surface area contributed by atoms with Crippen molar-refractivity contribution in [3.63, 3.8) is 0 Å². The van der Waals surface area contributed by atoms with Crippen LogP contribution in [0.25, 0.3) is 0 Å². The molecule has 2 nitrogen and oxygen atoms in total. The lowest BCUT2D eigenvalue weighted by Gasteiger charge is -2.39. The minimum atomic E-state index is -0.794. The lowest BCUT2D eigenvalue weighted by atomic mass is 9.84. The third-order valence-corrected chi connectivity index (χ3v) is 4.33. The van der Waals surface area contributed by atoms with Crippen LogP contribution in [0.15, 0.2) is 18.2 Å². The smallest absolute Gasteiger partial charge is 0.162 e. The lowest BCUT2D eigenvalue weighted by Crippen LogP contribution is -2.53. The number of methoxy groups -OCH3 is 1. The molecule has 21 heavy (non-hydrogen) atoms. The molecule has 0 aliphatic carbocycles. The SMILES string of the molecule is CCCNC(Cc1cccc(F)c1F)C(CC)(CC)OC. The van der Waals surface area contributed by atoms with Crippen molar-refractivity contribution in [2.75, 3.05) is 13.7 Å². The van der Waals surface area contributed by atoms with Crippen molar-refractivity contribution in [1.82, 2.24) is 5.32 Å². The first-order chi connectivity index (χ1) is 10.0. The van der Waals surface area contributed by atoms with Gasteiger partial charge in [-0.15, -0.1) is 0 Å². The molecule has 1 aromatic rings. The molecular weight excluding hydrogens is 272 g/mol. The van der Waals surface area contributed by atoms with Gasteiger partial charge >= 0.3 is 0 Å². The first-order valence-electron chi connectivity index (χ1n) is 7.76. The Kier molecular flexibility index (Phi) is 7.26. The second kappa shape index (κ2) is 8.44. The molecule has 1 atom stereocenters. The largest absolute Gasteiger partial charge is 0.377 e. The van der Waals surface area contributed by atoms with E-state index >= 15 is 0 Å². The molecule has 0 radical (unpaired) electrons. The number of halogens is 2. The van der Waals surface area contributed by atoms with E-state index in [1.54, 1.807) is 19.2 Å². The molecule has 1 rings (SSSR count). The van der Waals surface area contributed by atoms with Crippen LogP contribution in [0, 0.1) is 11.6 Å². The summed E-state index contributed by atoms with van der Waals surface area (Å²) in [4.78, 5) is 0. The Labute approximate surface area is 126 Å². The van der Waals surface area contributed by atoms with E-state index in [0.29, 0.717) is 12.0 Å². The van der Waals surface area contributed by atoms with Gasteiger partial charge in [0.2, 0.25) is 0 Å². The predicted octanol–water partition coefficient (Wildman–Crippen LogP) is 4.08. The number of ether oxygens (including phenoxy) is 1. The Balaban J connectivity index is 3.04. The summed E-state index contributed by atoms with van der Waals surface area (Å²) in [7, 11) is 1.69. The van der Waals surface area contributed by atoms with Crippen molar-refractivity contribution in [3.05, 3.63) is 35.4 Å². The summed E-state index contributed by atoms with van der Waals surface area (Å²) in [6.45, 7) is 7.04. The van der Waals surface area contributed by atoms with Crippen LogP contribution in [0.5, 0.6) is 0 Å². The van der Waals surface area contributed by atoms with Crippen LogP contribution in [0.3, 0.4) is 0 Å². The summed E-state index contributed by atoms with van der Waals surface area (Å²) in [6.07, 6.45) is 3.03. The van der Waals surface area contributed by atoms with Gasteiger partial charge in [-0.05, 0) is 43.9 Å². The van der Waals surface area contributed by atoms with Crippen LogP contribution in [0.2, 0.25) is 0 Å². The van der Waals surface area contributed by atoms with Crippen LogP contribution < -0.4 is 5.32 Å². The molecule has 0 aliphatic heterocycles. The standard InChI is InChI=1S/C17H27F2NO/c1-5-11-20-15(17(6-2,7-3)21-4)12-13-9-8-10-14(18)16(13)19/h8-10,15,20H,5-7,11-12H2,1-4H3. The highest BCUT2D eigenvalue weighted by molar-refractivity contribution is 5.21. The molecule has 1 N–H and O–H groups in total. The van der Waals surface area contributed by atoms with Crippen LogP contribution in [0.1, 0.15) is 45.6 Å². The zero-order valence-electron chi connectivity index (χ0n) is 13.5. The molecule has 120 valence electrons. The Morgan fingerprint density at radius 3 is 2.38 bits per heavy atom. The summed E-state index contributed by atoms with van der Waals surface area (Å²) in [5, 5.41) is 3.44. The number of hydrogen-bond donors (Lipinski definition) is 1. The Hall–Kier alpha value is -1.00. The molecule has 0 aliphatic rings. The maximum Gasteiger partial charge on any atom is 0.162 e. The van der Waals surface area contributed by atoms with Crippen molar-refractivity contribution >= 4 is 0 Å². The maximum atomic E-state index is 13.9. The van der Waals surface area contributed by atoms with Gasteiger partial charge in [0.05, 0.1) is 5.60 Å². The minimum Gasteiger partial charge on any atom is -0.377 e. The third-order valence-electron chi connectivity index (χ3n) is 4.33. The van der Waals surface area contributed by atoms with E-state index in [2.05, 4.69) is 26.1 Å². The molecule has 0 fully saturated rings. The fourth-order valence-electron chi connectivity index (χ4n) is 2.86. The van der Waals surface area contributed by atoms with Crippen LogP contribution in [-0.2, 0) is 11.2 Å². The second-order valence-electron chi connectivity index (χ2n) is 5.40. The Morgan fingerprint density at radius 2 is 1.86 bits per heavy atom. The molecule has 0 heterocycles. The van der Waals surface area contributed by atoms with Crippen molar-refractivity contribution in [2.24, 2.45) is 0 Å². The quantitative estimate of drug-likeness (QED) is 0.742. The van der Waals surface area contributed by atoms with Crippen LogP contribution in [0.4, 0.5) is 8.78 Å². The van der Waals surface area contributed by atoms with Crippen LogP contribution in [-0.4, -0.2) is 25.3 Å². The minimum absolute atomic E-state index is 0.0475. The number of hydrogen-bond acceptors (Lipinski definition) is 2. The maximum absolute atomic E-state index is 13.9. The van der Waals surface area contributed by atoms with E-state index < -0.39 is 11.6 Å². The summed E-state index contributed by atoms with van der Waals surface area (Å²) in [5.41, 5.74) is 0.0282. The molecule has 0 saturated heterocycles. The van der Waals surface area contributed by atoms with Gasteiger partial charge in [-0.2, -0.15) is 0 Å².